The third-order valence-electron chi connectivity index (χ3n) is 5.41. The van der Waals surface area contributed by atoms with E-state index >= 15 is 0 Å². The van der Waals surface area contributed by atoms with Gasteiger partial charge in [0, 0.05) is 31.3 Å². The van der Waals surface area contributed by atoms with Gasteiger partial charge in [-0.25, -0.2) is 0 Å². The van der Waals surface area contributed by atoms with Crippen molar-refractivity contribution in [3.8, 4) is 17.6 Å². The highest BCUT2D eigenvalue weighted by Gasteiger charge is 2.11. The van der Waals surface area contributed by atoms with Crippen LogP contribution in [0.3, 0.4) is 0 Å². The second-order valence-corrected chi connectivity index (χ2v) is 7.90. The molecule has 1 aliphatic heterocycles. The Labute approximate surface area is 182 Å². The summed E-state index contributed by atoms with van der Waals surface area (Å²) in [5, 5.41) is 9.51. The van der Waals surface area contributed by atoms with Crippen LogP contribution in [0.15, 0.2) is 30.0 Å². The summed E-state index contributed by atoms with van der Waals surface area (Å²) in [5.41, 5.74) is 1.79. The van der Waals surface area contributed by atoms with Crippen LogP contribution in [0.4, 0.5) is 0 Å². The molecule has 0 aliphatic carbocycles. The number of benzene rings is 1. The van der Waals surface area contributed by atoms with Gasteiger partial charge in [-0.15, -0.1) is 0 Å². The fraction of sp³-hybridized carbons (Fsp3) is 0.640. The summed E-state index contributed by atoms with van der Waals surface area (Å²) < 4.78 is 16.9. The SMILES string of the molecule is CCCCCCCCCCOc1ccc(C/C(C#N)=C\N2CCOCC2)cc1OC. The lowest BCUT2D eigenvalue weighted by Crippen LogP contribution is -2.32. The minimum Gasteiger partial charge on any atom is -0.493 e. The highest BCUT2D eigenvalue weighted by molar-refractivity contribution is 5.44. The molecule has 1 aromatic rings. The summed E-state index contributed by atoms with van der Waals surface area (Å²) in [6, 6.07) is 8.29. The molecule has 166 valence electrons. The van der Waals surface area contributed by atoms with Crippen molar-refractivity contribution in [1.29, 1.82) is 5.26 Å². The number of rotatable bonds is 14. The first kappa shape index (κ1) is 24.1. The molecule has 0 unspecified atom stereocenters. The van der Waals surface area contributed by atoms with Crippen molar-refractivity contribution >= 4 is 0 Å². The van der Waals surface area contributed by atoms with Gasteiger partial charge < -0.3 is 19.1 Å². The van der Waals surface area contributed by atoms with E-state index < -0.39 is 0 Å². The van der Waals surface area contributed by atoms with Crippen LogP contribution in [0.2, 0.25) is 0 Å². The summed E-state index contributed by atoms with van der Waals surface area (Å²) in [7, 11) is 1.66. The van der Waals surface area contributed by atoms with E-state index in [0.29, 0.717) is 26.2 Å². The summed E-state index contributed by atoms with van der Waals surface area (Å²) in [5.74, 6) is 1.51. The maximum Gasteiger partial charge on any atom is 0.161 e. The molecule has 0 bridgehead atoms. The molecule has 1 saturated heterocycles. The van der Waals surface area contributed by atoms with Crippen molar-refractivity contribution in [1.82, 2.24) is 4.90 Å². The number of morpholine rings is 1. The van der Waals surface area contributed by atoms with Crippen LogP contribution in [0, 0.1) is 11.3 Å². The Hall–Kier alpha value is -2.19. The maximum atomic E-state index is 9.51. The topological polar surface area (TPSA) is 54.7 Å². The number of methoxy groups -OCH3 is 1. The molecule has 0 saturated carbocycles. The van der Waals surface area contributed by atoms with Gasteiger partial charge >= 0.3 is 0 Å². The molecule has 0 aromatic heterocycles. The second kappa shape index (κ2) is 14.7. The Morgan fingerprint density at radius 2 is 1.77 bits per heavy atom. The predicted molar refractivity (Wildman–Crippen MR) is 121 cm³/mol. The number of allylic oxidation sites excluding steroid dienone is 1. The first-order chi connectivity index (χ1) is 14.8. The molecular weight excluding hydrogens is 376 g/mol. The van der Waals surface area contributed by atoms with Crippen LogP contribution in [0.1, 0.15) is 63.9 Å². The van der Waals surface area contributed by atoms with Gasteiger partial charge in [-0.2, -0.15) is 5.26 Å². The second-order valence-electron chi connectivity index (χ2n) is 7.90. The Morgan fingerprint density at radius 1 is 1.07 bits per heavy atom. The van der Waals surface area contributed by atoms with Gasteiger partial charge in [0.25, 0.3) is 0 Å². The van der Waals surface area contributed by atoms with Crippen molar-refractivity contribution in [3.63, 3.8) is 0 Å². The molecule has 0 atom stereocenters. The van der Waals surface area contributed by atoms with Gasteiger partial charge in [0.1, 0.15) is 0 Å². The minimum absolute atomic E-state index is 0.586. The lowest BCUT2D eigenvalue weighted by molar-refractivity contribution is 0.0591. The molecule has 5 nitrogen and oxygen atoms in total. The zero-order valence-corrected chi connectivity index (χ0v) is 18.8. The fourth-order valence-corrected chi connectivity index (χ4v) is 3.62. The lowest BCUT2D eigenvalue weighted by atomic mass is 10.1. The molecule has 1 aromatic carbocycles. The summed E-state index contributed by atoms with van der Waals surface area (Å²) >= 11 is 0. The predicted octanol–water partition coefficient (Wildman–Crippen LogP) is 5.50. The van der Waals surface area contributed by atoms with Crippen LogP contribution < -0.4 is 9.47 Å². The van der Waals surface area contributed by atoms with Gasteiger partial charge in [-0.1, -0.05) is 57.9 Å². The first-order valence-corrected chi connectivity index (χ1v) is 11.5. The number of nitrogens with zero attached hydrogens (tertiary/aromatic N) is 2. The van der Waals surface area contributed by atoms with Gasteiger partial charge in [-0.3, -0.25) is 0 Å². The fourth-order valence-electron chi connectivity index (χ4n) is 3.62. The third kappa shape index (κ3) is 9.09. The summed E-state index contributed by atoms with van der Waals surface area (Å²) in [4.78, 5) is 2.15. The number of ether oxygens (including phenoxy) is 3. The summed E-state index contributed by atoms with van der Waals surface area (Å²) in [6.45, 7) is 6.07. The van der Waals surface area contributed by atoms with Crippen molar-refractivity contribution < 1.29 is 14.2 Å². The van der Waals surface area contributed by atoms with Gasteiger partial charge in [-0.05, 0) is 24.1 Å². The molecule has 5 heteroatoms. The quantitative estimate of drug-likeness (QED) is 0.297. The molecule has 0 N–H and O–H groups in total. The van der Waals surface area contributed by atoms with E-state index in [1.165, 1.54) is 44.9 Å². The standard InChI is InChI=1S/C25H38N2O3/c1-3-4-5-6-7-8-9-10-15-30-24-12-11-22(19-25(24)28-2)18-23(20-26)21-27-13-16-29-17-14-27/h11-12,19,21H,3-10,13-18H2,1-2H3/b23-21+. The number of unbranched alkanes of at least 4 members (excludes halogenated alkanes) is 7. The van der Waals surface area contributed by atoms with Crippen LogP contribution in [0.25, 0.3) is 0 Å². The molecular formula is C25H38N2O3. The molecule has 1 fully saturated rings. The summed E-state index contributed by atoms with van der Waals surface area (Å²) in [6.07, 6.45) is 12.8. The molecule has 0 spiro atoms. The van der Waals surface area contributed by atoms with Crippen LogP contribution in [-0.4, -0.2) is 44.9 Å². The molecule has 2 rings (SSSR count). The molecule has 30 heavy (non-hydrogen) atoms. The van der Waals surface area contributed by atoms with E-state index in [0.717, 1.165) is 42.1 Å². The largest absolute Gasteiger partial charge is 0.493 e. The average Bonchev–Trinajstić information content (AvgIpc) is 2.78. The zero-order chi connectivity index (χ0) is 21.4. The average molecular weight is 415 g/mol. The van der Waals surface area contributed by atoms with Crippen LogP contribution >= 0.6 is 0 Å². The highest BCUT2D eigenvalue weighted by Crippen LogP contribution is 2.29. The maximum absolute atomic E-state index is 9.51. The van der Waals surface area contributed by atoms with Gasteiger partial charge in [0.15, 0.2) is 11.5 Å². The monoisotopic (exact) mass is 414 g/mol. The Balaban J connectivity index is 1.78. The zero-order valence-electron chi connectivity index (χ0n) is 18.8. The van der Waals surface area contributed by atoms with E-state index in [4.69, 9.17) is 14.2 Å². The van der Waals surface area contributed by atoms with E-state index in [2.05, 4.69) is 17.9 Å². The van der Waals surface area contributed by atoms with Crippen LogP contribution in [-0.2, 0) is 11.2 Å². The van der Waals surface area contributed by atoms with Gasteiger partial charge in [0.05, 0.1) is 33.0 Å². The van der Waals surface area contributed by atoms with Crippen molar-refractivity contribution in [2.75, 3.05) is 40.0 Å². The lowest BCUT2D eigenvalue weighted by Gasteiger charge is -2.25. The number of nitriles is 1. The van der Waals surface area contributed by atoms with E-state index in [9.17, 15) is 5.26 Å². The highest BCUT2D eigenvalue weighted by atomic mass is 16.5. The first-order valence-electron chi connectivity index (χ1n) is 11.5. The van der Waals surface area contributed by atoms with Crippen molar-refractivity contribution in [2.24, 2.45) is 0 Å². The molecule has 1 aliphatic rings. The molecule has 0 radical (unpaired) electrons. The van der Waals surface area contributed by atoms with Gasteiger partial charge in [0.2, 0.25) is 0 Å². The smallest absolute Gasteiger partial charge is 0.161 e. The van der Waals surface area contributed by atoms with Crippen LogP contribution in [0.5, 0.6) is 11.5 Å². The normalized spacial score (nSPS) is 14.4. The van der Waals surface area contributed by atoms with E-state index in [-0.39, 0.29) is 0 Å². The molecule has 0 amide bonds. The Bertz CT molecular complexity index is 675. The number of hydrogen-bond acceptors (Lipinski definition) is 5. The third-order valence-corrected chi connectivity index (χ3v) is 5.41. The van der Waals surface area contributed by atoms with E-state index in [1.807, 2.05) is 24.4 Å². The van der Waals surface area contributed by atoms with E-state index in [1.54, 1.807) is 7.11 Å². The Kier molecular flexibility index (Phi) is 11.8. The number of hydrogen-bond donors (Lipinski definition) is 0. The van der Waals surface area contributed by atoms with Crippen molar-refractivity contribution in [2.45, 2.75) is 64.7 Å². The molecule has 1 heterocycles. The van der Waals surface area contributed by atoms with Crippen molar-refractivity contribution in [3.05, 3.63) is 35.5 Å². The Morgan fingerprint density at radius 3 is 2.43 bits per heavy atom. The minimum atomic E-state index is 0.586.